The van der Waals surface area contributed by atoms with Crippen LogP contribution in [0.1, 0.15) is 38.5 Å². The van der Waals surface area contributed by atoms with Gasteiger partial charge >= 0.3 is 0 Å². The summed E-state index contributed by atoms with van der Waals surface area (Å²) < 4.78 is 1.85. The molecule has 0 bridgehead atoms. The zero-order valence-electron chi connectivity index (χ0n) is 12.9. The second-order valence-corrected chi connectivity index (χ2v) is 6.30. The molecule has 2 fully saturated rings. The molecule has 0 spiro atoms. The maximum atomic E-state index is 12.2. The molecule has 1 saturated carbocycles. The van der Waals surface area contributed by atoms with Crippen molar-refractivity contribution in [2.45, 2.75) is 51.1 Å². The zero-order chi connectivity index (χ0) is 15.4. The first-order valence-corrected chi connectivity index (χ1v) is 8.28. The molecule has 1 aromatic heterocycles. The number of hydrogen-bond donors (Lipinski definition) is 1. The van der Waals surface area contributed by atoms with Gasteiger partial charge in [0.2, 0.25) is 11.8 Å². The lowest BCUT2D eigenvalue weighted by Gasteiger charge is -2.23. The van der Waals surface area contributed by atoms with Crippen molar-refractivity contribution in [3.8, 4) is 0 Å². The summed E-state index contributed by atoms with van der Waals surface area (Å²) in [6, 6.07) is 2.27. The summed E-state index contributed by atoms with van der Waals surface area (Å²) in [6.07, 6.45) is 9.50. The largest absolute Gasteiger partial charge is 0.356 e. The van der Waals surface area contributed by atoms with E-state index in [1.807, 2.05) is 21.8 Å². The highest BCUT2D eigenvalue weighted by atomic mass is 16.2. The fourth-order valence-corrected chi connectivity index (χ4v) is 3.51. The van der Waals surface area contributed by atoms with Crippen LogP contribution < -0.4 is 5.32 Å². The predicted octanol–water partition coefficient (Wildman–Crippen LogP) is 1.18. The van der Waals surface area contributed by atoms with Crippen molar-refractivity contribution in [3.05, 3.63) is 18.5 Å². The van der Waals surface area contributed by atoms with Gasteiger partial charge in [-0.15, -0.1) is 0 Å². The standard InChI is InChI=1S/C16H24N4O2/c21-15-11-13(12-20(15)14-5-1-2-6-14)16(22)17-7-3-9-19-10-4-8-18-19/h4,8,10,13-14H,1-3,5-7,9,11-12H2,(H,17,22). The molecule has 120 valence electrons. The van der Waals surface area contributed by atoms with E-state index in [4.69, 9.17) is 0 Å². The fourth-order valence-electron chi connectivity index (χ4n) is 3.51. The molecule has 2 aliphatic rings. The van der Waals surface area contributed by atoms with Crippen molar-refractivity contribution in [1.82, 2.24) is 20.0 Å². The molecular weight excluding hydrogens is 280 g/mol. The number of carbonyl (C=O) groups excluding carboxylic acids is 2. The lowest BCUT2D eigenvalue weighted by atomic mass is 10.1. The van der Waals surface area contributed by atoms with Crippen LogP contribution in [0.15, 0.2) is 18.5 Å². The highest BCUT2D eigenvalue weighted by molar-refractivity contribution is 5.89. The van der Waals surface area contributed by atoms with Crippen molar-refractivity contribution < 1.29 is 9.59 Å². The van der Waals surface area contributed by atoms with Crippen LogP contribution in [0.4, 0.5) is 0 Å². The van der Waals surface area contributed by atoms with Gasteiger partial charge in [0.05, 0.1) is 5.92 Å². The van der Waals surface area contributed by atoms with Gasteiger partial charge in [-0.3, -0.25) is 14.3 Å². The van der Waals surface area contributed by atoms with Crippen molar-refractivity contribution in [1.29, 1.82) is 0 Å². The van der Waals surface area contributed by atoms with E-state index in [1.54, 1.807) is 6.20 Å². The second kappa shape index (κ2) is 6.94. The Hall–Kier alpha value is -1.85. The van der Waals surface area contributed by atoms with Crippen LogP contribution in [0.2, 0.25) is 0 Å². The lowest BCUT2D eigenvalue weighted by molar-refractivity contribution is -0.130. The molecule has 1 aliphatic carbocycles. The molecule has 6 nitrogen and oxygen atoms in total. The number of likely N-dealkylation sites (tertiary alicyclic amines) is 1. The van der Waals surface area contributed by atoms with E-state index in [1.165, 1.54) is 12.8 Å². The van der Waals surface area contributed by atoms with Crippen molar-refractivity contribution in [2.75, 3.05) is 13.1 Å². The van der Waals surface area contributed by atoms with Crippen LogP contribution in [-0.4, -0.2) is 45.6 Å². The zero-order valence-corrected chi connectivity index (χ0v) is 12.9. The Balaban J connectivity index is 1.40. The number of nitrogens with zero attached hydrogens (tertiary/aromatic N) is 3. The molecule has 22 heavy (non-hydrogen) atoms. The molecule has 0 radical (unpaired) electrons. The normalized spacial score (nSPS) is 22.5. The third kappa shape index (κ3) is 3.48. The molecule has 1 unspecified atom stereocenters. The van der Waals surface area contributed by atoms with E-state index in [0.717, 1.165) is 25.8 Å². The van der Waals surface area contributed by atoms with Crippen LogP contribution in [0.5, 0.6) is 0 Å². The molecule has 2 heterocycles. The highest BCUT2D eigenvalue weighted by Gasteiger charge is 2.38. The number of nitrogens with one attached hydrogen (secondary N) is 1. The minimum Gasteiger partial charge on any atom is -0.356 e. The average Bonchev–Trinajstić information content (AvgIpc) is 3.24. The van der Waals surface area contributed by atoms with Gasteiger partial charge in [0.15, 0.2) is 0 Å². The Labute approximate surface area is 130 Å². The number of aryl methyl sites for hydroxylation is 1. The summed E-state index contributed by atoms with van der Waals surface area (Å²) in [6.45, 7) is 2.03. The van der Waals surface area contributed by atoms with Gasteiger partial charge < -0.3 is 10.2 Å². The Morgan fingerprint density at radius 3 is 2.91 bits per heavy atom. The lowest BCUT2D eigenvalue weighted by Crippen LogP contribution is -2.37. The van der Waals surface area contributed by atoms with Crippen LogP contribution >= 0.6 is 0 Å². The molecule has 1 aromatic rings. The quantitative estimate of drug-likeness (QED) is 0.803. The minimum absolute atomic E-state index is 0.0225. The Morgan fingerprint density at radius 2 is 2.18 bits per heavy atom. The van der Waals surface area contributed by atoms with Gasteiger partial charge in [-0.25, -0.2) is 0 Å². The molecular formula is C16H24N4O2. The Kier molecular flexibility index (Phi) is 4.75. The van der Waals surface area contributed by atoms with Gasteiger partial charge in [-0.1, -0.05) is 12.8 Å². The van der Waals surface area contributed by atoms with Crippen LogP contribution in [-0.2, 0) is 16.1 Å². The number of rotatable bonds is 6. The summed E-state index contributed by atoms with van der Waals surface area (Å²) in [5, 5.41) is 7.09. The van der Waals surface area contributed by atoms with Crippen LogP contribution in [0.25, 0.3) is 0 Å². The summed E-state index contributed by atoms with van der Waals surface area (Å²) >= 11 is 0. The van der Waals surface area contributed by atoms with Gasteiger partial charge in [0.25, 0.3) is 0 Å². The third-order valence-corrected chi connectivity index (χ3v) is 4.72. The number of hydrogen-bond acceptors (Lipinski definition) is 3. The number of amides is 2. The minimum atomic E-state index is -0.169. The molecule has 1 atom stereocenters. The molecule has 1 N–H and O–H groups in total. The molecule has 2 amide bonds. The van der Waals surface area contributed by atoms with Crippen molar-refractivity contribution >= 4 is 11.8 Å². The third-order valence-electron chi connectivity index (χ3n) is 4.72. The van der Waals surface area contributed by atoms with Gasteiger partial charge in [0, 0.05) is 44.5 Å². The molecule has 0 aromatic carbocycles. The van der Waals surface area contributed by atoms with E-state index in [9.17, 15) is 9.59 Å². The maximum absolute atomic E-state index is 12.2. The summed E-state index contributed by atoms with van der Waals surface area (Å²) in [4.78, 5) is 26.2. The smallest absolute Gasteiger partial charge is 0.225 e. The summed E-state index contributed by atoms with van der Waals surface area (Å²) in [7, 11) is 0. The van der Waals surface area contributed by atoms with Gasteiger partial charge in [-0.05, 0) is 25.3 Å². The molecule has 6 heteroatoms. The van der Waals surface area contributed by atoms with E-state index in [-0.39, 0.29) is 17.7 Å². The molecule has 3 rings (SSSR count). The van der Waals surface area contributed by atoms with Crippen LogP contribution in [0.3, 0.4) is 0 Å². The SMILES string of the molecule is O=C(NCCCn1cccn1)C1CC(=O)N(C2CCCC2)C1. The Bertz CT molecular complexity index is 508. The molecule has 1 saturated heterocycles. The molecule has 1 aliphatic heterocycles. The first kappa shape index (κ1) is 15.1. The van der Waals surface area contributed by atoms with Crippen molar-refractivity contribution in [3.63, 3.8) is 0 Å². The topological polar surface area (TPSA) is 67.2 Å². The maximum Gasteiger partial charge on any atom is 0.225 e. The first-order chi connectivity index (χ1) is 10.7. The second-order valence-electron chi connectivity index (χ2n) is 6.30. The van der Waals surface area contributed by atoms with Gasteiger partial charge in [0.1, 0.15) is 0 Å². The first-order valence-electron chi connectivity index (χ1n) is 8.28. The highest BCUT2D eigenvalue weighted by Crippen LogP contribution is 2.29. The van der Waals surface area contributed by atoms with E-state index in [2.05, 4.69) is 10.4 Å². The van der Waals surface area contributed by atoms with E-state index < -0.39 is 0 Å². The number of carbonyl (C=O) groups is 2. The summed E-state index contributed by atoms with van der Waals surface area (Å²) in [5.41, 5.74) is 0. The predicted molar refractivity (Wildman–Crippen MR) is 81.9 cm³/mol. The average molecular weight is 304 g/mol. The van der Waals surface area contributed by atoms with E-state index in [0.29, 0.717) is 25.6 Å². The monoisotopic (exact) mass is 304 g/mol. The summed E-state index contributed by atoms with van der Waals surface area (Å²) in [5.74, 6) is 0.00991. The fraction of sp³-hybridized carbons (Fsp3) is 0.688. The Morgan fingerprint density at radius 1 is 1.36 bits per heavy atom. The van der Waals surface area contributed by atoms with E-state index >= 15 is 0 Å². The number of aromatic nitrogens is 2. The van der Waals surface area contributed by atoms with Gasteiger partial charge in [-0.2, -0.15) is 5.10 Å². The van der Waals surface area contributed by atoms with Crippen LogP contribution in [0, 0.1) is 5.92 Å². The van der Waals surface area contributed by atoms with Crippen molar-refractivity contribution in [2.24, 2.45) is 5.92 Å².